The van der Waals surface area contributed by atoms with Gasteiger partial charge in [0.25, 0.3) is 0 Å². The van der Waals surface area contributed by atoms with Crippen molar-refractivity contribution < 1.29 is 0 Å². The number of benzene rings is 1. The Morgan fingerprint density at radius 3 is 2.92 bits per heavy atom. The molecule has 1 heterocycles. The molecule has 0 nitrogen and oxygen atoms in total. The third kappa shape index (κ3) is 1.58. The van der Waals surface area contributed by atoms with Gasteiger partial charge >= 0.3 is 0 Å². The Hall–Kier alpha value is -0.180. The molecule has 2 aromatic rings. The van der Waals surface area contributed by atoms with E-state index < -0.39 is 0 Å². The molecule has 0 radical (unpaired) electrons. The first-order valence-corrected chi connectivity index (χ1v) is 5.79. The molecule has 0 unspecified atom stereocenters. The van der Waals surface area contributed by atoms with E-state index in [1.165, 1.54) is 21.2 Å². The second kappa shape index (κ2) is 3.52. The van der Waals surface area contributed by atoms with E-state index >= 15 is 0 Å². The Morgan fingerprint density at radius 2 is 2.23 bits per heavy atom. The molecule has 0 saturated carbocycles. The first-order chi connectivity index (χ1) is 6.22. The smallest absolute Gasteiger partial charge is 0.0580 e. The third-order valence-corrected chi connectivity index (χ3v) is 3.87. The number of alkyl halides is 1. The summed E-state index contributed by atoms with van der Waals surface area (Å²) in [6.45, 7) is 2.12. The number of thiophene rings is 1. The summed E-state index contributed by atoms with van der Waals surface area (Å²) in [5, 5.41) is 1.25. The molecule has 0 N–H and O–H groups in total. The van der Waals surface area contributed by atoms with Crippen LogP contribution in [0.15, 0.2) is 22.4 Å². The highest BCUT2D eigenvalue weighted by atomic mass is 35.5. The third-order valence-electron chi connectivity index (χ3n) is 2.10. The van der Waals surface area contributed by atoms with E-state index in [0.29, 0.717) is 5.88 Å². The van der Waals surface area contributed by atoms with Crippen LogP contribution in [0.1, 0.15) is 11.1 Å². The van der Waals surface area contributed by atoms with Crippen molar-refractivity contribution >= 4 is 45.7 Å². The highest BCUT2D eigenvalue weighted by molar-refractivity contribution is 7.83. The maximum atomic E-state index is 5.85. The van der Waals surface area contributed by atoms with Crippen molar-refractivity contribution in [3.05, 3.63) is 29.3 Å². The van der Waals surface area contributed by atoms with Gasteiger partial charge in [-0.1, -0.05) is 12.1 Å². The largest absolute Gasteiger partial charge is 0.133 e. The number of halogens is 1. The normalized spacial score (nSPS) is 11.0. The van der Waals surface area contributed by atoms with Gasteiger partial charge in [-0.25, -0.2) is 0 Å². The van der Waals surface area contributed by atoms with Crippen molar-refractivity contribution in [1.82, 2.24) is 0 Å². The van der Waals surface area contributed by atoms with Gasteiger partial charge in [0.15, 0.2) is 0 Å². The molecule has 3 heteroatoms. The quantitative estimate of drug-likeness (QED) is 0.548. The number of hydrogen-bond acceptors (Lipinski definition) is 2. The average Bonchev–Trinajstić information content (AvgIpc) is 2.48. The molecule has 0 atom stereocenters. The van der Waals surface area contributed by atoms with E-state index in [1.807, 2.05) is 0 Å². The van der Waals surface area contributed by atoms with Gasteiger partial charge in [-0.2, -0.15) is 0 Å². The van der Waals surface area contributed by atoms with Crippen molar-refractivity contribution in [3.8, 4) is 0 Å². The number of aryl methyl sites for hydroxylation is 1. The van der Waals surface area contributed by atoms with Crippen molar-refractivity contribution in [1.29, 1.82) is 0 Å². The predicted molar refractivity (Wildman–Crippen MR) is 63.4 cm³/mol. The Balaban J connectivity index is 2.83. The van der Waals surface area contributed by atoms with Crippen molar-refractivity contribution in [2.75, 3.05) is 0 Å². The number of thiol groups is 1. The molecule has 1 aromatic carbocycles. The van der Waals surface area contributed by atoms with E-state index in [-0.39, 0.29) is 0 Å². The summed E-state index contributed by atoms with van der Waals surface area (Å²) in [5.41, 5.74) is 2.49. The Labute approximate surface area is 91.9 Å². The molecule has 0 fully saturated rings. The van der Waals surface area contributed by atoms with Gasteiger partial charge in [0.05, 0.1) is 4.21 Å². The maximum Gasteiger partial charge on any atom is 0.0580 e. The number of hydrogen-bond donors (Lipinski definition) is 1. The van der Waals surface area contributed by atoms with Crippen LogP contribution < -0.4 is 0 Å². The van der Waals surface area contributed by atoms with Crippen LogP contribution in [0.2, 0.25) is 0 Å². The monoisotopic (exact) mass is 228 g/mol. The molecular formula is C10H9ClS2. The molecule has 1 aromatic heterocycles. The Bertz CT molecular complexity index is 445. The SMILES string of the molecule is Cc1ccc(CCl)c2cc(S)sc12. The summed E-state index contributed by atoms with van der Waals surface area (Å²) in [4.78, 5) is 0. The molecule has 68 valence electrons. The van der Waals surface area contributed by atoms with Gasteiger partial charge in [-0.05, 0) is 29.5 Å². The summed E-state index contributed by atoms with van der Waals surface area (Å²) in [5.74, 6) is 0.570. The molecular weight excluding hydrogens is 220 g/mol. The van der Waals surface area contributed by atoms with Gasteiger partial charge in [0, 0.05) is 10.6 Å². The lowest BCUT2D eigenvalue weighted by Gasteiger charge is -2.00. The van der Waals surface area contributed by atoms with Crippen LogP contribution in [-0.2, 0) is 5.88 Å². The fourth-order valence-electron chi connectivity index (χ4n) is 1.42. The average molecular weight is 229 g/mol. The van der Waals surface area contributed by atoms with Gasteiger partial charge in [0.1, 0.15) is 0 Å². The lowest BCUT2D eigenvalue weighted by molar-refractivity contribution is 1.43. The van der Waals surface area contributed by atoms with Crippen LogP contribution in [-0.4, -0.2) is 0 Å². The molecule has 0 aliphatic rings. The van der Waals surface area contributed by atoms with Crippen molar-refractivity contribution in [3.63, 3.8) is 0 Å². The molecule has 2 rings (SSSR count). The molecule has 0 saturated heterocycles. The molecule has 0 spiro atoms. The minimum absolute atomic E-state index is 0.570. The fourth-order valence-corrected chi connectivity index (χ4v) is 2.97. The van der Waals surface area contributed by atoms with Gasteiger partial charge in [0.2, 0.25) is 0 Å². The lowest BCUT2D eigenvalue weighted by Crippen LogP contribution is -1.80. The topological polar surface area (TPSA) is 0 Å². The van der Waals surface area contributed by atoms with Crippen LogP contribution in [0.25, 0.3) is 10.1 Å². The summed E-state index contributed by atoms with van der Waals surface area (Å²) >= 11 is 11.9. The molecule has 0 bridgehead atoms. The fraction of sp³-hybridized carbons (Fsp3) is 0.200. The zero-order valence-corrected chi connectivity index (χ0v) is 9.64. The minimum Gasteiger partial charge on any atom is -0.133 e. The van der Waals surface area contributed by atoms with Gasteiger partial charge in [-0.3, -0.25) is 0 Å². The summed E-state index contributed by atoms with van der Waals surface area (Å²) in [6, 6.07) is 6.29. The Kier molecular flexibility index (Phi) is 2.54. The molecule has 0 amide bonds. The molecule has 0 aliphatic carbocycles. The second-order valence-corrected chi connectivity index (χ2v) is 5.11. The van der Waals surface area contributed by atoms with Crippen LogP contribution in [0.5, 0.6) is 0 Å². The van der Waals surface area contributed by atoms with Crippen LogP contribution >= 0.6 is 35.6 Å². The highest BCUT2D eigenvalue weighted by Gasteiger charge is 2.05. The summed E-state index contributed by atoms with van der Waals surface area (Å²) < 4.78 is 2.36. The van der Waals surface area contributed by atoms with E-state index in [1.54, 1.807) is 11.3 Å². The maximum absolute atomic E-state index is 5.85. The standard InChI is InChI=1S/C10H9ClS2/c1-6-2-3-7(5-11)8-4-9(12)13-10(6)8/h2-4,12H,5H2,1H3. The zero-order chi connectivity index (χ0) is 9.42. The van der Waals surface area contributed by atoms with Crippen molar-refractivity contribution in [2.45, 2.75) is 17.0 Å². The first-order valence-electron chi connectivity index (χ1n) is 3.99. The van der Waals surface area contributed by atoms with E-state index in [0.717, 1.165) is 4.21 Å². The van der Waals surface area contributed by atoms with E-state index in [2.05, 4.69) is 37.8 Å². The molecule has 13 heavy (non-hydrogen) atoms. The summed E-state index contributed by atoms with van der Waals surface area (Å²) in [7, 11) is 0. The second-order valence-electron chi connectivity index (χ2n) is 3.00. The minimum atomic E-state index is 0.570. The Morgan fingerprint density at radius 1 is 1.46 bits per heavy atom. The van der Waals surface area contributed by atoms with Crippen LogP contribution in [0, 0.1) is 6.92 Å². The lowest BCUT2D eigenvalue weighted by atomic mass is 10.1. The molecule has 0 aliphatic heterocycles. The highest BCUT2D eigenvalue weighted by Crippen LogP contribution is 2.33. The van der Waals surface area contributed by atoms with Gasteiger partial charge in [-0.15, -0.1) is 35.6 Å². The van der Waals surface area contributed by atoms with Gasteiger partial charge < -0.3 is 0 Å². The number of rotatable bonds is 1. The van der Waals surface area contributed by atoms with Crippen molar-refractivity contribution in [2.24, 2.45) is 0 Å². The van der Waals surface area contributed by atoms with Crippen LogP contribution in [0.4, 0.5) is 0 Å². The van der Waals surface area contributed by atoms with Crippen LogP contribution in [0.3, 0.4) is 0 Å². The van der Waals surface area contributed by atoms with E-state index in [4.69, 9.17) is 11.6 Å². The zero-order valence-electron chi connectivity index (χ0n) is 7.17. The van der Waals surface area contributed by atoms with E-state index in [9.17, 15) is 0 Å². The first kappa shape index (κ1) is 9.38. The number of fused-ring (bicyclic) bond motifs is 1. The predicted octanol–water partition coefficient (Wildman–Crippen LogP) is 4.24. The summed E-state index contributed by atoms with van der Waals surface area (Å²) in [6.07, 6.45) is 0.